The Morgan fingerprint density at radius 1 is 1.05 bits per heavy atom. The van der Waals surface area contributed by atoms with Gasteiger partial charge in [-0.15, -0.1) is 0 Å². The number of ether oxygens (including phenoxy) is 2. The second-order valence-corrected chi connectivity index (χ2v) is 11.6. The van der Waals surface area contributed by atoms with E-state index in [0.29, 0.717) is 11.3 Å². The van der Waals surface area contributed by atoms with E-state index in [-0.39, 0.29) is 23.8 Å². The fraction of sp³-hybridized carbons (Fsp3) is 0.290. The highest BCUT2D eigenvalue weighted by Gasteiger charge is 2.22. The largest absolute Gasteiger partial charge is 0.496 e. The zero-order valence-corrected chi connectivity index (χ0v) is 23.1. The Kier molecular flexibility index (Phi) is 6.10. The van der Waals surface area contributed by atoms with Crippen LogP contribution in [0.4, 0.5) is 10.5 Å². The van der Waals surface area contributed by atoms with Crippen molar-refractivity contribution >= 4 is 38.6 Å². The van der Waals surface area contributed by atoms with Crippen LogP contribution in [0.25, 0.3) is 10.9 Å². The minimum atomic E-state index is -4.62. The van der Waals surface area contributed by atoms with Crippen molar-refractivity contribution in [1.82, 2.24) is 9.29 Å². The number of aromatic nitrogens is 1. The van der Waals surface area contributed by atoms with Crippen LogP contribution in [-0.2, 0) is 28.2 Å². The molecule has 214 valence electrons. The van der Waals surface area contributed by atoms with Crippen LogP contribution in [-0.4, -0.2) is 38.1 Å². The maximum absolute atomic E-state index is 13.1. The van der Waals surface area contributed by atoms with Crippen molar-refractivity contribution in [1.29, 1.82) is 0 Å². The lowest BCUT2D eigenvalue weighted by Gasteiger charge is -2.13. The van der Waals surface area contributed by atoms with Gasteiger partial charge in [0.2, 0.25) is 0 Å². The van der Waals surface area contributed by atoms with Crippen molar-refractivity contribution in [3.8, 4) is 5.75 Å². The summed E-state index contributed by atoms with van der Waals surface area (Å²) < 4.78 is 86.7. The van der Waals surface area contributed by atoms with Crippen LogP contribution in [0.2, 0.25) is 0 Å². The number of rotatable bonds is 8. The first kappa shape index (κ1) is 21.4. The number of aryl methyl sites for hydroxylation is 2. The summed E-state index contributed by atoms with van der Waals surface area (Å²) >= 11 is 0. The first-order valence-corrected chi connectivity index (χ1v) is 14.5. The van der Waals surface area contributed by atoms with Crippen LogP contribution < -0.4 is 14.8 Å². The van der Waals surface area contributed by atoms with Crippen molar-refractivity contribution in [3.05, 3.63) is 89.1 Å². The van der Waals surface area contributed by atoms with Gasteiger partial charge in [-0.25, -0.2) is 17.9 Å². The summed E-state index contributed by atoms with van der Waals surface area (Å²) in [7, 11) is -5.68. The summed E-state index contributed by atoms with van der Waals surface area (Å²) in [6.07, 6.45) is 5.09. The molecule has 0 bridgehead atoms. The Bertz CT molecular complexity index is 1930. The van der Waals surface area contributed by atoms with E-state index in [1.807, 2.05) is 28.6 Å². The molecule has 1 aliphatic rings. The van der Waals surface area contributed by atoms with Gasteiger partial charge in [-0.2, -0.15) is 0 Å². The van der Waals surface area contributed by atoms with Crippen LogP contribution in [0.5, 0.6) is 5.75 Å². The lowest BCUT2D eigenvalue weighted by molar-refractivity contribution is 0.0980. The molecule has 0 atom stereocenters. The number of hydrogen-bond donors (Lipinski definition) is 2. The summed E-state index contributed by atoms with van der Waals surface area (Å²) in [5.41, 5.74) is 1.81. The topological polar surface area (TPSA) is 116 Å². The smallest absolute Gasteiger partial charge is 0.411 e. The van der Waals surface area contributed by atoms with Gasteiger partial charge in [-0.05, 0) is 85.6 Å². The summed E-state index contributed by atoms with van der Waals surface area (Å²) in [5, 5.41) is 3.54. The quantitative estimate of drug-likeness (QED) is 0.276. The van der Waals surface area contributed by atoms with Gasteiger partial charge in [0.05, 0.1) is 16.0 Å². The number of methoxy groups -OCH3 is 1. The Hall–Kier alpha value is -4.31. The third kappa shape index (κ3) is 6.22. The Morgan fingerprint density at radius 3 is 2.63 bits per heavy atom. The highest BCUT2D eigenvalue weighted by molar-refractivity contribution is 7.90. The number of anilines is 1. The molecule has 0 aliphatic heterocycles. The molecule has 41 heavy (non-hydrogen) atoms. The normalized spacial score (nSPS) is 16.5. The van der Waals surface area contributed by atoms with Crippen molar-refractivity contribution < 1.29 is 35.7 Å². The Morgan fingerprint density at radius 2 is 1.85 bits per heavy atom. The van der Waals surface area contributed by atoms with Gasteiger partial charge in [-0.3, -0.25) is 10.1 Å². The molecule has 2 amide bonds. The molecule has 3 aromatic carbocycles. The molecule has 1 heterocycles. The van der Waals surface area contributed by atoms with Crippen molar-refractivity contribution in [2.24, 2.45) is 7.05 Å². The number of sulfonamides is 1. The molecule has 1 aliphatic carbocycles. The van der Waals surface area contributed by atoms with Crippen molar-refractivity contribution in [2.45, 2.75) is 50.0 Å². The van der Waals surface area contributed by atoms with Gasteiger partial charge in [0, 0.05) is 45.9 Å². The third-order valence-corrected chi connectivity index (χ3v) is 8.51. The van der Waals surface area contributed by atoms with Crippen LogP contribution >= 0.6 is 0 Å². The Labute approximate surface area is 247 Å². The lowest BCUT2D eigenvalue weighted by atomic mass is 10.0. The zero-order valence-electron chi connectivity index (χ0n) is 28.3. The standard InChI is InChI=1S/C31H33N3O6S/c1-20-8-4-7-11-29(20)41(37,38)33-30(35)22-13-12-21(28(17-22)39-3)16-23-19-34(2)27-15-14-24(18-26(23)27)32-31(36)40-25-9-5-6-10-25/h4,7-8,11-15,17-19,25H,5-6,9-10,16H2,1-3H3,(H,32,36)(H,33,35)/i1D3,3D3. The predicted octanol–water partition coefficient (Wildman–Crippen LogP) is 5.70. The van der Waals surface area contributed by atoms with E-state index in [4.69, 9.17) is 17.7 Å². The molecule has 9 nitrogen and oxygen atoms in total. The second-order valence-electron chi connectivity index (χ2n) is 9.97. The zero-order chi connectivity index (χ0) is 34.1. The first-order chi connectivity index (χ1) is 22.0. The fourth-order valence-corrected chi connectivity index (χ4v) is 6.16. The van der Waals surface area contributed by atoms with E-state index in [0.717, 1.165) is 60.3 Å². The predicted molar refractivity (Wildman–Crippen MR) is 157 cm³/mol. The van der Waals surface area contributed by atoms with Gasteiger partial charge in [0.1, 0.15) is 11.9 Å². The number of carbonyl (C=O) groups is 2. The number of amides is 2. The number of carbonyl (C=O) groups excluding carboxylic acids is 2. The average Bonchev–Trinajstić information content (AvgIpc) is 3.59. The first-order valence-electron chi connectivity index (χ1n) is 16.0. The third-order valence-electron chi connectivity index (χ3n) is 7.12. The highest BCUT2D eigenvalue weighted by Crippen LogP contribution is 2.30. The van der Waals surface area contributed by atoms with Gasteiger partial charge >= 0.3 is 6.09 Å². The summed E-state index contributed by atoms with van der Waals surface area (Å²) in [6, 6.07) is 14.2. The van der Waals surface area contributed by atoms with Crippen molar-refractivity contribution in [3.63, 3.8) is 0 Å². The number of benzene rings is 3. The minimum absolute atomic E-state index is 0.0992. The second kappa shape index (κ2) is 11.7. The van der Waals surface area contributed by atoms with Crippen LogP contribution in [0.15, 0.2) is 71.8 Å². The van der Waals surface area contributed by atoms with E-state index in [1.165, 1.54) is 24.3 Å². The molecule has 10 heteroatoms. The summed E-state index contributed by atoms with van der Waals surface area (Å²) in [5.74, 6) is -1.29. The highest BCUT2D eigenvalue weighted by atomic mass is 32.2. The van der Waals surface area contributed by atoms with Crippen molar-refractivity contribution in [2.75, 3.05) is 12.4 Å². The van der Waals surface area contributed by atoms with E-state index in [9.17, 15) is 18.0 Å². The fourth-order valence-electron chi connectivity index (χ4n) is 5.08. The number of fused-ring (bicyclic) bond motifs is 1. The number of nitrogens with one attached hydrogen (secondary N) is 2. The van der Waals surface area contributed by atoms with Gasteiger partial charge < -0.3 is 14.0 Å². The van der Waals surface area contributed by atoms with Crippen LogP contribution in [0.3, 0.4) is 0 Å². The summed E-state index contributed by atoms with van der Waals surface area (Å²) in [6.45, 7) is -2.76. The number of hydrogen-bond acceptors (Lipinski definition) is 6. The molecular formula is C31H33N3O6S. The van der Waals surface area contributed by atoms with Gasteiger partial charge in [-0.1, -0.05) is 24.3 Å². The molecule has 1 saturated carbocycles. The van der Waals surface area contributed by atoms with Gasteiger partial charge in [0.15, 0.2) is 0 Å². The molecule has 1 fully saturated rings. The maximum atomic E-state index is 13.1. The molecule has 0 radical (unpaired) electrons. The molecule has 2 N–H and O–H groups in total. The molecule has 4 aromatic rings. The van der Waals surface area contributed by atoms with Gasteiger partial charge in [0.25, 0.3) is 15.9 Å². The van der Waals surface area contributed by atoms with E-state index < -0.39 is 46.4 Å². The molecule has 1 aromatic heterocycles. The van der Waals surface area contributed by atoms with E-state index in [2.05, 4.69) is 5.32 Å². The SMILES string of the molecule is [2H]C([2H])([2H])Oc1cc(C(=O)NS(=O)(=O)c2ccccc2C([2H])([2H])[2H])ccc1Cc1cn(C)c2ccc(NC(=O)OC3CCCC3)cc12. The maximum Gasteiger partial charge on any atom is 0.411 e. The van der Waals surface area contributed by atoms with E-state index >= 15 is 0 Å². The molecular weight excluding hydrogens is 542 g/mol. The molecule has 5 rings (SSSR count). The molecule has 0 unspecified atom stereocenters. The monoisotopic (exact) mass is 581 g/mol. The Balaban J connectivity index is 1.42. The molecule has 0 saturated heterocycles. The minimum Gasteiger partial charge on any atom is -0.496 e. The summed E-state index contributed by atoms with van der Waals surface area (Å²) in [4.78, 5) is 25.0. The molecule has 0 spiro atoms. The van der Waals surface area contributed by atoms with E-state index in [1.54, 1.807) is 12.1 Å². The van der Waals surface area contributed by atoms with Crippen LogP contribution in [0.1, 0.15) is 61.0 Å². The average molecular weight is 582 g/mol. The lowest BCUT2D eigenvalue weighted by Crippen LogP contribution is -2.31. The number of nitrogens with zero attached hydrogens (tertiary/aromatic N) is 1. The van der Waals surface area contributed by atoms with Crippen LogP contribution in [0, 0.1) is 6.85 Å².